The lowest BCUT2D eigenvalue weighted by Crippen LogP contribution is -2.14. The van der Waals surface area contributed by atoms with E-state index in [0.717, 1.165) is 24.3 Å². The van der Waals surface area contributed by atoms with Gasteiger partial charge in [-0.05, 0) is 50.4 Å². The van der Waals surface area contributed by atoms with Gasteiger partial charge >= 0.3 is 0 Å². The molecule has 0 fully saturated rings. The first-order chi connectivity index (χ1) is 8.63. The fourth-order valence-electron chi connectivity index (χ4n) is 2.22. The van der Waals surface area contributed by atoms with Gasteiger partial charge in [0.2, 0.25) is 0 Å². The molecule has 2 N–H and O–H groups in total. The van der Waals surface area contributed by atoms with E-state index >= 15 is 0 Å². The molecule has 0 aliphatic carbocycles. The van der Waals surface area contributed by atoms with E-state index in [4.69, 9.17) is 5.73 Å². The van der Waals surface area contributed by atoms with Crippen LogP contribution in [0.3, 0.4) is 0 Å². The van der Waals surface area contributed by atoms with Crippen LogP contribution >= 0.6 is 0 Å². The fraction of sp³-hybridized carbons (Fsp3) is 0.400. The highest BCUT2D eigenvalue weighted by atomic mass is 15.3. The second kappa shape index (κ2) is 5.36. The van der Waals surface area contributed by atoms with Crippen LogP contribution < -0.4 is 5.73 Å². The van der Waals surface area contributed by atoms with Gasteiger partial charge in [0.1, 0.15) is 0 Å². The summed E-state index contributed by atoms with van der Waals surface area (Å²) in [5.74, 6) is 0.496. The average molecular weight is 243 g/mol. The monoisotopic (exact) mass is 243 g/mol. The van der Waals surface area contributed by atoms with Crippen molar-refractivity contribution in [2.75, 3.05) is 6.54 Å². The molecule has 1 heterocycles. The molecule has 0 bridgehead atoms. The largest absolute Gasteiger partial charge is 0.330 e. The summed E-state index contributed by atoms with van der Waals surface area (Å²) in [6, 6.07) is 10.2. The Labute approximate surface area is 109 Å². The Morgan fingerprint density at radius 1 is 1.22 bits per heavy atom. The summed E-state index contributed by atoms with van der Waals surface area (Å²) in [7, 11) is 0. The maximum absolute atomic E-state index is 5.71. The predicted octanol–water partition coefficient (Wildman–Crippen LogP) is 2.63. The molecule has 0 spiro atoms. The second-order valence-electron chi connectivity index (χ2n) is 4.94. The molecule has 3 nitrogen and oxygen atoms in total. The zero-order valence-corrected chi connectivity index (χ0v) is 11.4. The summed E-state index contributed by atoms with van der Waals surface area (Å²) in [4.78, 5) is 0. The first-order valence-corrected chi connectivity index (χ1v) is 6.44. The summed E-state index contributed by atoms with van der Waals surface area (Å²) >= 11 is 0. The molecule has 0 radical (unpaired) electrons. The molecule has 0 saturated carbocycles. The van der Waals surface area contributed by atoms with Crippen molar-refractivity contribution in [1.82, 2.24) is 9.78 Å². The van der Waals surface area contributed by atoms with E-state index in [1.54, 1.807) is 0 Å². The van der Waals surface area contributed by atoms with Gasteiger partial charge in [0.05, 0.1) is 11.4 Å². The molecule has 2 aromatic rings. The summed E-state index contributed by atoms with van der Waals surface area (Å²) < 4.78 is 2.02. The van der Waals surface area contributed by atoms with Gasteiger partial charge < -0.3 is 5.73 Å². The lowest BCUT2D eigenvalue weighted by molar-refractivity contribution is 0.589. The second-order valence-corrected chi connectivity index (χ2v) is 4.94. The summed E-state index contributed by atoms with van der Waals surface area (Å²) in [6.07, 6.45) is 1.00. The zero-order chi connectivity index (χ0) is 13.1. The van der Waals surface area contributed by atoms with Gasteiger partial charge in [-0.25, -0.2) is 4.68 Å². The number of nitrogens with zero attached hydrogens (tertiary/aromatic N) is 2. The standard InChI is InChI=1S/C15H21N3/c1-11(10-16)9-15-12(2)17-18(13(15)3)14-7-5-4-6-8-14/h4-8,11H,9-10,16H2,1-3H3. The van der Waals surface area contributed by atoms with Gasteiger partial charge in [-0.2, -0.15) is 5.10 Å². The smallest absolute Gasteiger partial charge is 0.0648 e. The lowest BCUT2D eigenvalue weighted by atomic mass is 10.00. The highest BCUT2D eigenvalue weighted by Gasteiger charge is 2.14. The van der Waals surface area contributed by atoms with Crippen LogP contribution in [0.5, 0.6) is 0 Å². The molecule has 1 unspecified atom stereocenters. The minimum absolute atomic E-state index is 0.496. The van der Waals surface area contributed by atoms with Crippen LogP contribution in [0.1, 0.15) is 23.9 Å². The molecule has 96 valence electrons. The Morgan fingerprint density at radius 3 is 2.50 bits per heavy atom. The van der Waals surface area contributed by atoms with E-state index in [1.807, 2.05) is 22.9 Å². The van der Waals surface area contributed by atoms with Crippen molar-refractivity contribution >= 4 is 0 Å². The van der Waals surface area contributed by atoms with E-state index in [2.05, 4.69) is 38.0 Å². The first kappa shape index (κ1) is 12.8. The maximum Gasteiger partial charge on any atom is 0.0648 e. The van der Waals surface area contributed by atoms with Crippen molar-refractivity contribution < 1.29 is 0 Å². The van der Waals surface area contributed by atoms with Crippen molar-refractivity contribution in [2.45, 2.75) is 27.2 Å². The Morgan fingerprint density at radius 2 is 1.89 bits per heavy atom. The molecular weight excluding hydrogens is 222 g/mol. The van der Waals surface area contributed by atoms with Crippen molar-refractivity contribution in [3.05, 3.63) is 47.3 Å². The summed E-state index contributed by atoms with van der Waals surface area (Å²) in [6.45, 7) is 7.10. The van der Waals surface area contributed by atoms with Gasteiger partial charge in [-0.15, -0.1) is 0 Å². The van der Waals surface area contributed by atoms with Crippen LogP contribution in [-0.4, -0.2) is 16.3 Å². The molecule has 0 aliphatic heterocycles. The molecule has 1 aromatic heterocycles. The van der Waals surface area contributed by atoms with E-state index in [9.17, 15) is 0 Å². The highest BCUT2D eigenvalue weighted by molar-refractivity contribution is 5.37. The maximum atomic E-state index is 5.71. The van der Waals surface area contributed by atoms with Gasteiger partial charge in [-0.1, -0.05) is 25.1 Å². The minimum Gasteiger partial charge on any atom is -0.330 e. The Bertz CT molecular complexity index is 514. The van der Waals surface area contributed by atoms with Crippen LogP contribution in [-0.2, 0) is 6.42 Å². The number of para-hydroxylation sites is 1. The molecule has 0 aliphatic rings. The van der Waals surface area contributed by atoms with Crippen LogP contribution in [0, 0.1) is 19.8 Å². The Balaban J connectivity index is 2.38. The third-order valence-corrected chi connectivity index (χ3v) is 3.40. The fourth-order valence-corrected chi connectivity index (χ4v) is 2.22. The van der Waals surface area contributed by atoms with Crippen LogP contribution in [0.4, 0.5) is 0 Å². The minimum atomic E-state index is 0.496. The molecule has 3 heteroatoms. The number of aryl methyl sites for hydroxylation is 1. The number of aromatic nitrogens is 2. The van der Waals surface area contributed by atoms with Gasteiger partial charge in [0.25, 0.3) is 0 Å². The van der Waals surface area contributed by atoms with Crippen LogP contribution in [0.25, 0.3) is 5.69 Å². The normalized spacial score (nSPS) is 12.7. The number of hydrogen-bond acceptors (Lipinski definition) is 2. The first-order valence-electron chi connectivity index (χ1n) is 6.44. The topological polar surface area (TPSA) is 43.8 Å². The van der Waals surface area contributed by atoms with Crippen molar-refractivity contribution in [2.24, 2.45) is 11.7 Å². The number of hydrogen-bond donors (Lipinski definition) is 1. The van der Waals surface area contributed by atoms with E-state index in [1.165, 1.54) is 11.3 Å². The van der Waals surface area contributed by atoms with Crippen molar-refractivity contribution in [3.63, 3.8) is 0 Å². The van der Waals surface area contributed by atoms with E-state index in [0.29, 0.717) is 5.92 Å². The van der Waals surface area contributed by atoms with Crippen molar-refractivity contribution in [1.29, 1.82) is 0 Å². The lowest BCUT2D eigenvalue weighted by Gasteiger charge is -2.09. The molecule has 1 atom stereocenters. The third-order valence-electron chi connectivity index (χ3n) is 3.40. The Hall–Kier alpha value is -1.61. The molecule has 18 heavy (non-hydrogen) atoms. The zero-order valence-electron chi connectivity index (χ0n) is 11.4. The number of benzene rings is 1. The number of rotatable bonds is 4. The SMILES string of the molecule is Cc1nn(-c2ccccc2)c(C)c1CC(C)CN. The Kier molecular flexibility index (Phi) is 3.82. The molecule has 0 amide bonds. The van der Waals surface area contributed by atoms with E-state index < -0.39 is 0 Å². The third kappa shape index (κ3) is 2.46. The molecule has 1 aromatic carbocycles. The van der Waals surface area contributed by atoms with Gasteiger partial charge in [-0.3, -0.25) is 0 Å². The van der Waals surface area contributed by atoms with E-state index in [-0.39, 0.29) is 0 Å². The quantitative estimate of drug-likeness (QED) is 0.897. The van der Waals surface area contributed by atoms with Gasteiger partial charge in [0.15, 0.2) is 0 Å². The highest BCUT2D eigenvalue weighted by Crippen LogP contribution is 2.20. The average Bonchev–Trinajstić information content (AvgIpc) is 2.67. The summed E-state index contributed by atoms with van der Waals surface area (Å²) in [5, 5.41) is 4.64. The van der Waals surface area contributed by atoms with Crippen LogP contribution in [0.2, 0.25) is 0 Å². The number of nitrogens with two attached hydrogens (primary N) is 1. The molecule has 0 saturated heterocycles. The van der Waals surface area contributed by atoms with Crippen molar-refractivity contribution in [3.8, 4) is 5.69 Å². The summed E-state index contributed by atoms with van der Waals surface area (Å²) in [5.41, 5.74) is 10.5. The van der Waals surface area contributed by atoms with Gasteiger partial charge in [0, 0.05) is 5.69 Å². The molecular formula is C15H21N3. The molecule has 2 rings (SSSR count). The van der Waals surface area contributed by atoms with Crippen LogP contribution in [0.15, 0.2) is 30.3 Å². The predicted molar refractivity (Wildman–Crippen MR) is 75.0 cm³/mol.